The van der Waals surface area contributed by atoms with Gasteiger partial charge in [0.05, 0.1) is 30.3 Å². The lowest BCUT2D eigenvalue weighted by Crippen LogP contribution is -2.28. The topological polar surface area (TPSA) is 134 Å². The molecule has 0 unspecified atom stereocenters. The van der Waals surface area contributed by atoms with Crippen molar-refractivity contribution in [3.63, 3.8) is 0 Å². The van der Waals surface area contributed by atoms with E-state index in [1.807, 2.05) is 0 Å². The first-order valence-electron chi connectivity index (χ1n) is 8.29. The standard InChI is InChI=1S/C19H18N2O8/c1-27-18(23)13-5-3-12(4-6-13)10-20-17(22)11-29-16-8-7-14(19(24)28-2)9-15(16)21(25)26/h3-9H,10-11H2,1-2H3,(H,20,22). The molecule has 0 fully saturated rings. The van der Waals surface area contributed by atoms with Crippen molar-refractivity contribution in [1.29, 1.82) is 0 Å². The van der Waals surface area contributed by atoms with Crippen LogP contribution in [-0.2, 0) is 20.8 Å². The van der Waals surface area contributed by atoms with Gasteiger partial charge in [0.25, 0.3) is 5.91 Å². The second-order valence-corrected chi connectivity index (χ2v) is 5.69. The first-order chi connectivity index (χ1) is 13.8. The highest BCUT2D eigenvalue weighted by molar-refractivity contribution is 5.90. The lowest BCUT2D eigenvalue weighted by Gasteiger charge is -2.09. The molecule has 2 aromatic rings. The van der Waals surface area contributed by atoms with Crippen molar-refractivity contribution in [2.24, 2.45) is 0 Å². The number of carbonyl (C=O) groups excluding carboxylic acids is 3. The average molecular weight is 402 g/mol. The maximum absolute atomic E-state index is 12.0. The Kier molecular flexibility index (Phi) is 7.24. The second-order valence-electron chi connectivity index (χ2n) is 5.69. The van der Waals surface area contributed by atoms with Crippen LogP contribution in [0.15, 0.2) is 42.5 Å². The van der Waals surface area contributed by atoms with Crippen LogP contribution >= 0.6 is 0 Å². The van der Waals surface area contributed by atoms with Crippen molar-refractivity contribution < 1.29 is 33.5 Å². The molecule has 0 radical (unpaired) electrons. The molecule has 0 aromatic heterocycles. The number of benzene rings is 2. The van der Waals surface area contributed by atoms with Crippen LogP contribution in [0.5, 0.6) is 5.75 Å². The Labute approximate surface area is 165 Å². The Bertz CT molecular complexity index is 924. The molecule has 0 aliphatic carbocycles. The van der Waals surface area contributed by atoms with E-state index in [1.54, 1.807) is 24.3 Å². The highest BCUT2D eigenvalue weighted by Gasteiger charge is 2.20. The van der Waals surface area contributed by atoms with Crippen LogP contribution in [0.1, 0.15) is 26.3 Å². The Morgan fingerprint density at radius 2 is 1.55 bits per heavy atom. The normalized spacial score (nSPS) is 10.0. The number of hydrogen-bond donors (Lipinski definition) is 1. The second kappa shape index (κ2) is 9.83. The molecule has 0 atom stereocenters. The molecule has 10 nitrogen and oxygen atoms in total. The summed E-state index contributed by atoms with van der Waals surface area (Å²) < 4.78 is 14.3. The van der Waals surface area contributed by atoms with E-state index >= 15 is 0 Å². The molecule has 0 heterocycles. The van der Waals surface area contributed by atoms with Gasteiger partial charge in [-0.25, -0.2) is 9.59 Å². The zero-order valence-electron chi connectivity index (χ0n) is 15.7. The van der Waals surface area contributed by atoms with Crippen LogP contribution in [0.2, 0.25) is 0 Å². The van der Waals surface area contributed by atoms with E-state index in [-0.39, 0.29) is 17.9 Å². The van der Waals surface area contributed by atoms with Gasteiger partial charge in [-0.2, -0.15) is 0 Å². The minimum absolute atomic E-state index is 0.00796. The van der Waals surface area contributed by atoms with Crippen molar-refractivity contribution in [2.45, 2.75) is 6.54 Å². The molecular formula is C19H18N2O8. The molecule has 1 amide bonds. The summed E-state index contributed by atoms with van der Waals surface area (Å²) in [4.78, 5) is 45.3. The molecule has 0 saturated heterocycles. The number of nitrogens with one attached hydrogen (secondary N) is 1. The van der Waals surface area contributed by atoms with Crippen molar-refractivity contribution in [3.8, 4) is 5.75 Å². The van der Waals surface area contributed by atoms with Gasteiger partial charge in [0, 0.05) is 12.6 Å². The summed E-state index contributed by atoms with van der Waals surface area (Å²) in [5, 5.41) is 13.8. The molecule has 29 heavy (non-hydrogen) atoms. The molecule has 0 bridgehead atoms. The molecule has 10 heteroatoms. The minimum atomic E-state index is -0.726. The summed E-state index contributed by atoms with van der Waals surface area (Å²) in [6.07, 6.45) is 0. The predicted molar refractivity (Wildman–Crippen MR) is 99.6 cm³/mol. The van der Waals surface area contributed by atoms with Crippen LogP contribution in [0.4, 0.5) is 5.69 Å². The molecule has 0 aliphatic heterocycles. The van der Waals surface area contributed by atoms with Crippen molar-refractivity contribution in [1.82, 2.24) is 5.32 Å². The van der Waals surface area contributed by atoms with Crippen LogP contribution in [0.3, 0.4) is 0 Å². The van der Waals surface area contributed by atoms with Crippen molar-refractivity contribution in [3.05, 3.63) is 69.3 Å². The number of rotatable bonds is 8. The van der Waals surface area contributed by atoms with Gasteiger partial charge in [0.15, 0.2) is 12.4 Å². The van der Waals surface area contributed by atoms with Gasteiger partial charge in [-0.3, -0.25) is 14.9 Å². The minimum Gasteiger partial charge on any atom is -0.477 e. The van der Waals surface area contributed by atoms with E-state index in [2.05, 4.69) is 14.8 Å². The number of nitrogens with zero attached hydrogens (tertiary/aromatic N) is 1. The van der Waals surface area contributed by atoms with E-state index in [9.17, 15) is 24.5 Å². The fourth-order valence-electron chi connectivity index (χ4n) is 2.30. The Morgan fingerprint density at radius 3 is 2.14 bits per heavy atom. The number of ether oxygens (including phenoxy) is 3. The monoisotopic (exact) mass is 402 g/mol. The third kappa shape index (κ3) is 5.76. The Balaban J connectivity index is 1.94. The van der Waals surface area contributed by atoms with Gasteiger partial charge >= 0.3 is 17.6 Å². The highest BCUT2D eigenvalue weighted by atomic mass is 16.6. The van der Waals surface area contributed by atoms with E-state index in [0.29, 0.717) is 5.56 Å². The summed E-state index contributed by atoms with van der Waals surface area (Å²) in [5.41, 5.74) is 0.651. The lowest BCUT2D eigenvalue weighted by molar-refractivity contribution is -0.385. The number of carbonyl (C=O) groups is 3. The number of nitro groups is 1. The predicted octanol–water partition coefficient (Wildman–Crippen LogP) is 1.86. The van der Waals surface area contributed by atoms with Gasteiger partial charge in [0.2, 0.25) is 0 Å². The molecule has 0 saturated carbocycles. The molecule has 2 rings (SSSR count). The molecule has 0 spiro atoms. The fraction of sp³-hybridized carbons (Fsp3) is 0.211. The molecule has 152 valence electrons. The summed E-state index contributed by atoms with van der Waals surface area (Å²) in [6.45, 7) is -0.286. The smallest absolute Gasteiger partial charge is 0.338 e. The number of hydrogen-bond acceptors (Lipinski definition) is 8. The number of nitro benzene ring substituents is 1. The lowest BCUT2D eigenvalue weighted by atomic mass is 10.1. The largest absolute Gasteiger partial charge is 0.477 e. The van der Waals surface area contributed by atoms with Crippen molar-refractivity contribution >= 4 is 23.5 Å². The number of esters is 2. The zero-order valence-corrected chi connectivity index (χ0v) is 15.7. The van der Waals surface area contributed by atoms with E-state index in [4.69, 9.17) is 4.74 Å². The summed E-state index contributed by atoms with van der Waals surface area (Å²) >= 11 is 0. The van der Waals surface area contributed by atoms with Gasteiger partial charge < -0.3 is 19.5 Å². The maximum Gasteiger partial charge on any atom is 0.338 e. The molecular weight excluding hydrogens is 384 g/mol. The quantitative estimate of drug-likeness (QED) is 0.402. The van der Waals surface area contributed by atoms with E-state index < -0.39 is 35.1 Å². The third-order valence-electron chi connectivity index (χ3n) is 3.80. The van der Waals surface area contributed by atoms with Gasteiger partial charge in [0.1, 0.15) is 0 Å². The number of methoxy groups -OCH3 is 2. The maximum atomic E-state index is 12.0. The zero-order chi connectivity index (χ0) is 21.4. The van der Waals surface area contributed by atoms with Crippen molar-refractivity contribution in [2.75, 3.05) is 20.8 Å². The van der Waals surface area contributed by atoms with Crippen LogP contribution < -0.4 is 10.1 Å². The van der Waals surface area contributed by atoms with Gasteiger partial charge in [-0.1, -0.05) is 12.1 Å². The van der Waals surface area contributed by atoms with Gasteiger partial charge in [-0.05, 0) is 29.8 Å². The third-order valence-corrected chi connectivity index (χ3v) is 3.80. The van der Waals surface area contributed by atoms with E-state index in [0.717, 1.165) is 18.7 Å². The summed E-state index contributed by atoms with van der Waals surface area (Å²) in [5.74, 6) is -1.85. The Hall–Kier alpha value is -3.95. The number of amides is 1. The van der Waals surface area contributed by atoms with Crippen LogP contribution in [0, 0.1) is 10.1 Å². The average Bonchev–Trinajstić information content (AvgIpc) is 2.75. The summed E-state index contributed by atoms with van der Waals surface area (Å²) in [7, 11) is 2.44. The van der Waals surface area contributed by atoms with Gasteiger partial charge in [-0.15, -0.1) is 0 Å². The molecule has 0 aliphatic rings. The highest BCUT2D eigenvalue weighted by Crippen LogP contribution is 2.28. The molecule has 1 N–H and O–H groups in total. The van der Waals surface area contributed by atoms with Crippen LogP contribution in [-0.4, -0.2) is 43.6 Å². The SMILES string of the molecule is COC(=O)c1ccc(CNC(=O)COc2ccc(C(=O)OC)cc2[N+](=O)[O-])cc1. The fourth-order valence-corrected chi connectivity index (χ4v) is 2.30. The first kappa shape index (κ1) is 21.4. The first-order valence-corrected chi connectivity index (χ1v) is 8.29. The Morgan fingerprint density at radius 1 is 0.966 bits per heavy atom. The van der Waals surface area contributed by atoms with Crippen LogP contribution in [0.25, 0.3) is 0 Å². The van der Waals surface area contributed by atoms with E-state index in [1.165, 1.54) is 19.2 Å². The molecule has 2 aromatic carbocycles. The summed E-state index contributed by atoms with van der Waals surface area (Å²) in [6, 6.07) is 9.99.